The van der Waals surface area contributed by atoms with E-state index in [2.05, 4.69) is 15.5 Å². The van der Waals surface area contributed by atoms with Crippen molar-refractivity contribution in [1.82, 2.24) is 0 Å². The van der Waals surface area contributed by atoms with Gasteiger partial charge in [-0.05, 0) is 55.7 Å². The molecule has 3 aromatic rings. The van der Waals surface area contributed by atoms with Crippen molar-refractivity contribution in [2.24, 2.45) is 0 Å². The highest BCUT2D eigenvalue weighted by molar-refractivity contribution is 6.44. The lowest BCUT2D eigenvalue weighted by molar-refractivity contribution is -0.132. The normalized spacial score (nSPS) is 13.9. The summed E-state index contributed by atoms with van der Waals surface area (Å²) >= 11 is 0. The number of phenolic OH excluding ortho intramolecular Hbond substituents is 1. The van der Waals surface area contributed by atoms with Crippen LogP contribution in [0.25, 0.3) is 10.8 Å². The van der Waals surface area contributed by atoms with Crippen molar-refractivity contribution >= 4 is 39.6 Å². The third-order valence-electron chi connectivity index (χ3n) is 5.20. The van der Waals surface area contributed by atoms with E-state index < -0.39 is 11.8 Å². The zero-order valence-corrected chi connectivity index (χ0v) is 16.0. The van der Waals surface area contributed by atoms with Crippen LogP contribution in [-0.2, 0) is 9.59 Å². The van der Waals surface area contributed by atoms with Gasteiger partial charge in [0.1, 0.15) is 5.75 Å². The van der Waals surface area contributed by atoms with Crippen LogP contribution in [0.4, 0.5) is 17.1 Å². The van der Waals surface area contributed by atoms with Gasteiger partial charge in [0.25, 0.3) is 0 Å². The summed E-state index contributed by atoms with van der Waals surface area (Å²) in [6.07, 6.45) is 3.67. The van der Waals surface area contributed by atoms with Gasteiger partial charge in [-0.25, -0.2) is 0 Å². The lowest BCUT2D eigenvalue weighted by Gasteiger charge is -2.28. The molecule has 0 unspecified atom stereocenters. The number of benzene rings is 3. The molecule has 1 fully saturated rings. The average Bonchev–Trinajstić information content (AvgIpc) is 2.75. The zero-order chi connectivity index (χ0) is 20.2. The highest BCUT2D eigenvalue weighted by Gasteiger charge is 2.16. The van der Waals surface area contributed by atoms with Gasteiger partial charge in [0, 0.05) is 40.9 Å². The lowest BCUT2D eigenvalue weighted by atomic mass is 10.1. The van der Waals surface area contributed by atoms with Gasteiger partial charge in [0.05, 0.1) is 0 Å². The summed E-state index contributed by atoms with van der Waals surface area (Å²) in [5, 5.41) is 16.5. The minimum atomic E-state index is -0.763. The second kappa shape index (κ2) is 8.22. The Balaban J connectivity index is 1.42. The summed E-state index contributed by atoms with van der Waals surface area (Å²) in [5.74, 6) is -1.38. The Morgan fingerprint density at radius 2 is 1.41 bits per heavy atom. The number of rotatable bonds is 3. The molecule has 0 bridgehead atoms. The molecule has 0 aromatic heterocycles. The topological polar surface area (TPSA) is 81.7 Å². The predicted molar refractivity (Wildman–Crippen MR) is 115 cm³/mol. The maximum absolute atomic E-state index is 12.4. The van der Waals surface area contributed by atoms with E-state index in [9.17, 15) is 14.7 Å². The van der Waals surface area contributed by atoms with Gasteiger partial charge in [-0.1, -0.05) is 24.3 Å². The number of nitrogens with zero attached hydrogens (tertiary/aromatic N) is 1. The van der Waals surface area contributed by atoms with Gasteiger partial charge in [-0.15, -0.1) is 0 Å². The molecule has 2 amide bonds. The van der Waals surface area contributed by atoms with E-state index in [1.54, 1.807) is 36.4 Å². The fraction of sp³-hybridized carbons (Fsp3) is 0.217. The maximum Gasteiger partial charge on any atom is 0.314 e. The zero-order valence-electron chi connectivity index (χ0n) is 16.0. The fourth-order valence-electron chi connectivity index (χ4n) is 3.68. The van der Waals surface area contributed by atoms with Crippen LogP contribution in [0.2, 0.25) is 0 Å². The second-order valence-corrected chi connectivity index (χ2v) is 7.18. The Kier molecular flexibility index (Phi) is 5.33. The number of amides is 2. The molecule has 0 spiro atoms. The van der Waals surface area contributed by atoms with Crippen LogP contribution in [0, 0.1) is 0 Å². The number of anilines is 3. The monoisotopic (exact) mass is 389 g/mol. The number of hydrogen-bond donors (Lipinski definition) is 3. The molecule has 6 heteroatoms. The van der Waals surface area contributed by atoms with Gasteiger partial charge in [0.2, 0.25) is 0 Å². The largest absolute Gasteiger partial charge is 0.507 e. The van der Waals surface area contributed by atoms with Crippen LogP contribution < -0.4 is 15.5 Å². The summed E-state index contributed by atoms with van der Waals surface area (Å²) in [7, 11) is 0. The number of carbonyl (C=O) groups is 2. The van der Waals surface area contributed by atoms with E-state index in [0.717, 1.165) is 18.8 Å². The number of carbonyl (C=O) groups excluding carboxylic acids is 2. The molecule has 0 saturated carbocycles. The summed E-state index contributed by atoms with van der Waals surface area (Å²) < 4.78 is 0. The quantitative estimate of drug-likeness (QED) is 0.589. The van der Waals surface area contributed by atoms with Gasteiger partial charge < -0.3 is 20.6 Å². The average molecular weight is 389 g/mol. The molecule has 1 aliphatic heterocycles. The molecule has 1 heterocycles. The van der Waals surface area contributed by atoms with Gasteiger partial charge in [-0.3, -0.25) is 9.59 Å². The van der Waals surface area contributed by atoms with Crippen LogP contribution in [0.3, 0.4) is 0 Å². The number of aromatic hydroxyl groups is 1. The summed E-state index contributed by atoms with van der Waals surface area (Å²) in [4.78, 5) is 27.0. The summed E-state index contributed by atoms with van der Waals surface area (Å²) in [6, 6.07) is 17.8. The molecule has 3 N–H and O–H groups in total. The van der Waals surface area contributed by atoms with Crippen molar-refractivity contribution in [3.05, 3.63) is 60.7 Å². The van der Waals surface area contributed by atoms with E-state index >= 15 is 0 Å². The Morgan fingerprint density at radius 3 is 2.17 bits per heavy atom. The molecule has 1 saturated heterocycles. The first-order chi connectivity index (χ1) is 14.1. The van der Waals surface area contributed by atoms with Gasteiger partial charge in [0.15, 0.2) is 0 Å². The second-order valence-electron chi connectivity index (χ2n) is 7.18. The highest BCUT2D eigenvalue weighted by atomic mass is 16.3. The van der Waals surface area contributed by atoms with E-state index in [0.29, 0.717) is 22.1 Å². The Labute approximate surface area is 169 Å². The van der Waals surface area contributed by atoms with Crippen molar-refractivity contribution in [1.29, 1.82) is 0 Å². The van der Waals surface area contributed by atoms with Gasteiger partial charge in [-0.2, -0.15) is 0 Å². The first-order valence-corrected chi connectivity index (χ1v) is 9.80. The smallest absolute Gasteiger partial charge is 0.314 e. The van der Waals surface area contributed by atoms with Crippen LogP contribution in [0.1, 0.15) is 19.3 Å². The van der Waals surface area contributed by atoms with E-state index in [1.807, 2.05) is 24.3 Å². The lowest BCUT2D eigenvalue weighted by Crippen LogP contribution is -2.30. The summed E-state index contributed by atoms with van der Waals surface area (Å²) in [6.45, 7) is 2.10. The van der Waals surface area contributed by atoms with Gasteiger partial charge >= 0.3 is 11.8 Å². The number of hydrogen-bond acceptors (Lipinski definition) is 4. The molecular formula is C23H23N3O3. The predicted octanol–water partition coefficient (Wildman–Crippen LogP) is 4.11. The summed E-state index contributed by atoms with van der Waals surface area (Å²) in [5.41, 5.74) is 2.17. The van der Waals surface area contributed by atoms with Crippen molar-refractivity contribution in [2.75, 3.05) is 28.6 Å². The highest BCUT2D eigenvalue weighted by Crippen LogP contribution is 2.29. The number of nitrogens with one attached hydrogen (secondary N) is 2. The van der Waals surface area contributed by atoms with E-state index in [-0.39, 0.29) is 5.75 Å². The van der Waals surface area contributed by atoms with E-state index in [4.69, 9.17) is 0 Å². The standard InChI is InChI=1S/C23H23N3O3/c27-21-9-5-6-18-19(21)7-4-8-20(18)25-23(29)22(28)24-16-10-12-17(13-11-16)26-14-2-1-3-15-26/h4-13,27H,1-3,14-15H2,(H,24,28)(H,25,29). The minimum Gasteiger partial charge on any atom is -0.507 e. The van der Waals surface area contributed by atoms with Crippen molar-refractivity contribution in [3.8, 4) is 5.75 Å². The third kappa shape index (κ3) is 4.16. The minimum absolute atomic E-state index is 0.122. The van der Waals surface area contributed by atoms with Crippen LogP contribution >= 0.6 is 0 Å². The number of piperidine rings is 1. The van der Waals surface area contributed by atoms with Crippen molar-refractivity contribution in [3.63, 3.8) is 0 Å². The van der Waals surface area contributed by atoms with Crippen LogP contribution in [0.5, 0.6) is 5.75 Å². The molecule has 1 aliphatic rings. The molecule has 3 aromatic carbocycles. The van der Waals surface area contributed by atoms with Crippen molar-refractivity contribution in [2.45, 2.75) is 19.3 Å². The molecule has 6 nitrogen and oxygen atoms in total. The Bertz CT molecular complexity index is 1040. The SMILES string of the molecule is O=C(Nc1ccc(N2CCCCC2)cc1)C(=O)Nc1cccc2c(O)cccc12. The number of fused-ring (bicyclic) bond motifs is 1. The first kappa shape index (κ1) is 18.8. The van der Waals surface area contributed by atoms with Crippen LogP contribution in [0.15, 0.2) is 60.7 Å². The fourth-order valence-corrected chi connectivity index (χ4v) is 3.68. The molecule has 0 atom stereocenters. The molecular weight excluding hydrogens is 366 g/mol. The first-order valence-electron chi connectivity index (χ1n) is 9.80. The number of phenols is 1. The van der Waals surface area contributed by atoms with Crippen LogP contribution in [-0.4, -0.2) is 30.0 Å². The molecule has 29 heavy (non-hydrogen) atoms. The Hall–Kier alpha value is -3.54. The van der Waals surface area contributed by atoms with Crippen molar-refractivity contribution < 1.29 is 14.7 Å². The van der Waals surface area contributed by atoms with E-state index in [1.165, 1.54) is 19.3 Å². The molecule has 148 valence electrons. The Morgan fingerprint density at radius 1 is 0.759 bits per heavy atom. The molecule has 0 aliphatic carbocycles. The maximum atomic E-state index is 12.4. The molecule has 4 rings (SSSR count). The third-order valence-corrected chi connectivity index (χ3v) is 5.20. The molecule has 0 radical (unpaired) electrons.